The maximum Gasteiger partial charge on any atom is 0.417 e. The second-order valence-corrected chi connectivity index (χ2v) is 5.23. The van der Waals surface area contributed by atoms with E-state index < -0.39 is 11.7 Å². The second-order valence-electron chi connectivity index (χ2n) is 4.82. The minimum absolute atomic E-state index is 0. The number of nitrogens with zero attached hydrogens (tertiary/aromatic N) is 2. The summed E-state index contributed by atoms with van der Waals surface area (Å²) in [6, 6.07) is 0.765. The number of nitrogens with one attached hydrogen (secondary N) is 2. The monoisotopic (exact) mass is 366 g/mol. The summed E-state index contributed by atoms with van der Waals surface area (Å²) in [6.07, 6.45) is -3.32. The fraction of sp³-hybridized carbons (Fsp3) is 0.308. The van der Waals surface area contributed by atoms with E-state index in [-0.39, 0.29) is 34.5 Å². The van der Waals surface area contributed by atoms with Crippen LogP contribution in [0.5, 0.6) is 0 Å². The molecule has 3 heterocycles. The summed E-state index contributed by atoms with van der Waals surface area (Å²) in [5.74, 6) is 0.0613. The third kappa shape index (κ3) is 3.49. The quantitative estimate of drug-likeness (QED) is 0.813. The number of fused-ring (bicyclic) bond motifs is 1. The second kappa shape index (κ2) is 6.46. The molecule has 0 atom stereocenters. The van der Waals surface area contributed by atoms with Crippen LogP contribution >= 0.6 is 24.0 Å². The van der Waals surface area contributed by atoms with E-state index in [0.717, 1.165) is 6.07 Å². The molecule has 0 amide bonds. The zero-order valence-corrected chi connectivity index (χ0v) is 13.1. The molecule has 0 saturated heterocycles. The molecule has 124 valence electrons. The fourth-order valence-corrected chi connectivity index (χ4v) is 2.50. The molecule has 2 aromatic rings. The first-order valence-electron chi connectivity index (χ1n) is 6.42. The molecule has 2 N–H and O–H groups in total. The van der Waals surface area contributed by atoms with E-state index in [0.29, 0.717) is 37.0 Å². The molecule has 0 aliphatic carbocycles. The maximum absolute atomic E-state index is 12.6. The van der Waals surface area contributed by atoms with Crippen molar-refractivity contribution in [3.63, 3.8) is 0 Å². The molecule has 2 aromatic heterocycles. The van der Waals surface area contributed by atoms with E-state index in [1.807, 2.05) is 0 Å². The molecule has 0 fully saturated rings. The van der Waals surface area contributed by atoms with E-state index in [1.165, 1.54) is 0 Å². The van der Waals surface area contributed by atoms with E-state index in [9.17, 15) is 18.0 Å². The van der Waals surface area contributed by atoms with Crippen molar-refractivity contribution in [3.05, 3.63) is 44.5 Å². The summed E-state index contributed by atoms with van der Waals surface area (Å²) >= 11 is 5.87. The Hall–Kier alpha value is -1.64. The zero-order valence-electron chi connectivity index (χ0n) is 11.5. The van der Waals surface area contributed by atoms with Crippen molar-refractivity contribution in [2.45, 2.75) is 19.1 Å². The van der Waals surface area contributed by atoms with Gasteiger partial charge in [0.15, 0.2) is 5.82 Å². The maximum atomic E-state index is 12.6. The molecule has 1 aliphatic heterocycles. The number of hydrogen-bond donors (Lipinski definition) is 2. The van der Waals surface area contributed by atoms with Crippen LogP contribution in [-0.2, 0) is 19.1 Å². The molecule has 0 unspecified atom stereocenters. The Labute approximate surface area is 139 Å². The van der Waals surface area contributed by atoms with Crippen LogP contribution in [0.4, 0.5) is 13.2 Å². The molecule has 1 aliphatic rings. The Morgan fingerprint density at radius 1 is 1.30 bits per heavy atom. The molecular weight excluding hydrogens is 356 g/mol. The van der Waals surface area contributed by atoms with Gasteiger partial charge in [0.05, 0.1) is 16.3 Å². The highest BCUT2D eigenvalue weighted by Crippen LogP contribution is 2.33. The van der Waals surface area contributed by atoms with E-state index in [2.05, 4.69) is 20.3 Å². The first-order valence-corrected chi connectivity index (χ1v) is 6.80. The molecule has 0 bridgehead atoms. The lowest BCUT2D eigenvalue weighted by Gasteiger charge is -2.16. The summed E-state index contributed by atoms with van der Waals surface area (Å²) in [7, 11) is 0. The normalized spacial score (nSPS) is 14.1. The number of aromatic nitrogens is 3. The summed E-state index contributed by atoms with van der Waals surface area (Å²) in [5, 5.41) is 2.85. The van der Waals surface area contributed by atoms with Crippen molar-refractivity contribution < 1.29 is 13.2 Å². The number of pyridine rings is 1. The standard InChI is InChI=1S/C13H10ClF3N4O.ClH/c14-8-3-6(13(15,16)17)4-19-10(8)11-20-9-5-18-2-1-7(9)12(22)21-11;/h3-4,18H,1-2,5H2,(H,20,21,22);1H. The van der Waals surface area contributed by atoms with Gasteiger partial charge in [-0.2, -0.15) is 13.2 Å². The minimum atomic E-state index is -4.53. The largest absolute Gasteiger partial charge is 0.417 e. The van der Waals surface area contributed by atoms with Gasteiger partial charge >= 0.3 is 6.18 Å². The molecule has 0 saturated carbocycles. The molecule has 3 rings (SSSR count). The summed E-state index contributed by atoms with van der Waals surface area (Å²) in [5.41, 5.74) is -0.129. The number of aromatic amines is 1. The SMILES string of the molecule is Cl.O=c1[nH]c(-c2ncc(C(F)(F)F)cc2Cl)nc2c1CCNC2. The number of halogens is 5. The average molecular weight is 367 g/mol. The number of rotatable bonds is 1. The Kier molecular flexibility index (Phi) is 4.98. The van der Waals surface area contributed by atoms with Crippen LogP contribution in [0.3, 0.4) is 0 Å². The molecule has 0 aromatic carbocycles. The summed E-state index contributed by atoms with van der Waals surface area (Å²) < 4.78 is 37.8. The lowest BCUT2D eigenvalue weighted by atomic mass is 10.1. The molecule has 10 heteroatoms. The predicted octanol–water partition coefficient (Wildman–Crippen LogP) is 2.57. The minimum Gasteiger partial charge on any atom is -0.311 e. The van der Waals surface area contributed by atoms with E-state index >= 15 is 0 Å². The van der Waals surface area contributed by atoms with Gasteiger partial charge in [0.25, 0.3) is 5.56 Å². The van der Waals surface area contributed by atoms with Crippen LogP contribution in [-0.4, -0.2) is 21.5 Å². The Morgan fingerprint density at radius 2 is 2.04 bits per heavy atom. The highest BCUT2D eigenvalue weighted by molar-refractivity contribution is 6.32. The van der Waals surface area contributed by atoms with Gasteiger partial charge in [-0.05, 0) is 19.0 Å². The van der Waals surface area contributed by atoms with Crippen molar-refractivity contribution in [2.24, 2.45) is 0 Å². The fourth-order valence-electron chi connectivity index (χ4n) is 2.25. The predicted molar refractivity (Wildman–Crippen MR) is 80.8 cm³/mol. The van der Waals surface area contributed by atoms with Crippen molar-refractivity contribution in [2.75, 3.05) is 6.54 Å². The van der Waals surface area contributed by atoms with E-state index in [1.54, 1.807) is 0 Å². The molecule has 0 radical (unpaired) electrons. The van der Waals surface area contributed by atoms with Crippen molar-refractivity contribution in [1.82, 2.24) is 20.3 Å². The van der Waals surface area contributed by atoms with Crippen LogP contribution in [0.25, 0.3) is 11.5 Å². The third-order valence-electron chi connectivity index (χ3n) is 3.34. The lowest BCUT2D eigenvalue weighted by Crippen LogP contribution is -2.31. The van der Waals surface area contributed by atoms with Crippen molar-refractivity contribution >= 4 is 24.0 Å². The number of alkyl halides is 3. The first-order chi connectivity index (χ1) is 10.4. The summed E-state index contributed by atoms with van der Waals surface area (Å²) in [4.78, 5) is 22.5. The van der Waals surface area contributed by atoms with Gasteiger partial charge in [-0.1, -0.05) is 11.6 Å². The van der Waals surface area contributed by atoms with Gasteiger partial charge in [0, 0.05) is 18.3 Å². The topological polar surface area (TPSA) is 70.7 Å². The first kappa shape index (κ1) is 17.7. The van der Waals surface area contributed by atoms with Crippen LogP contribution in [0, 0.1) is 0 Å². The summed E-state index contributed by atoms with van der Waals surface area (Å²) in [6.45, 7) is 1.10. The van der Waals surface area contributed by atoms with Gasteiger partial charge in [-0.3, -0.25) is 9.78 Å². The number of H-pyrrole nitrogens is 1. The lowest BCUT2D eigenvalue weighted by molar-refractivity contribution is -0.137. The highest BCUT2D eigenvalue weighted by Gasteiger charge is 2.32. The Morgan fingerprint density at radius 3 is 2.70 bits per heavy atom. The van der Waals surface area contributed by atoms with Crippen LogP contribution in [0.15, 0.2) is 17.1 Å². The zero-order chi connectivity index (χ0) is 15.9. The van der Waals surface area contributed by atoms with Crippen molar-refractivity contribution in [1.29, 1.82) is 0 Å². The van der Waals surface area contributed by atoms with Gasteiger partial charge in [-0.15, -0.1) is 12.4 Å². The van der Waals surface area contributed by atoms with Crippen LogP contribution in [0.2, 0.25) is 5.02 Å². The Balaban J connectivity index is 0.00000192. The van der Waals surface area contributed by atoms with Crippen LogP contribution in [0.1, 0.15) is 16.8 Å². The number of hydrogen-bond acceptors (Lipinski definition) is 4. The van der Waals surface area contributed by atoms with Gasteiger partial charge < -0.3 is 10.3 Å². The smallest absolute Gasteiger partial charge is 0.311 e. The van der Waals surface area contributed by atoms with Gasteiger partial charge in [0.1, 0.15) is 5.69 Å². The van der Waals surface area contributed by atoms with Crippen molar-refractivity contribution in [3.8, 4) is 11.5 Å². The third-order valence-corrected chi connectivity index (χ3v) is 3.63. The molecule has 5 nitrogen and oxygen atoms in total. The average Bonchev–Trinajstić information content (AvgIpc) is 2.46. The van der Waals surface area contributed by atoms with Crippen LogP contribution < -0.4 is 10.9 Å². The van der Waals surface area contributed by atoms with E-state index in [4.69, 9.17) is 11.6 Å². The molecule has 23 heavy (non-hydrogen) atoms. The molecule has 0 spiro atoms. The molecular formula is C13H11Cl2F3N4O. The van der Waals surface area contributed by atoms with Gasteiger partial charge in [-0.25, -0.2) is 4.98 Å². The highest BCUT2D eigenvalue weighted by atomic mass is 35.5. The van der Waals surface area contributed by atoms with Gasteiger partial charge in [0.2, 0.25) is 0 Å². The Bertz CT molecular complexity index is 792.